The molecule has 180 valence electrons. The van der Waals surface area contributed by atoms with Gasteiger partial charge in [0, 0.05) is 44.0 Å². The number of likely N-dealkylation sites (tertiary alicyclic amines) is 1. The molecular weight excluding hydrogens is 414 g/mol. The van der Waals surface area contributed by atoms with E-state index in [0.717, 1.165) is 57.1 Å². The highest BCUT2D eigenvalue weighted by molar-refractivity contribution is 5.78. The fourth-order valence-corrected chi connectivity index (χ4v) is 6.29. The summed E-state index contributed by atoms with van der Waals surface area (Å²) in [6.07, 6.45) is 12.4. The third-order valence-corrected chi connectivity index (χ3v) is 9.04. The molecule has 0 N–H and O–H groups in total. The van der Waals surface area contributed by atoms with Gasteiger partial charge in [-0.3, -0.25) is 4.79 Å². The predicted octanol–water partition coefficient (Wildman–Crippen LogP) is 3.83. The quantitative estimate of drug-likeness (QED) is 0.678. The van der Waals surface area contributed by atoms with E-state index < -0.39 is 0 Å². The van der Waals surface area contributed by atoms with Gasteiger partial charge in [0.15, 0.2) is 0 Å². The highest BCUT2D eigenvalue weighted by atomic mass is 16.5. The van der Waals surface area contributed by atoms with Crippen LogP contribution in [0.5, 0.6) is 5.75 Å². The average molecular weight is 454 g/mol. The van der Waals surface area contributed by atoms with Crippen LogP contribution in [-0.2, 0) is 9.53 Å². The van der Waals surface area contributed by atoms with E-state index in [2.05, 4.69) is 39.0 Å². The number of hydrogen-bond acceptors (Lipinski definition) is 5. The molecule has 6 heteroatoms. The van der Waals surface area contributed by atoms with E-state index in [9.17, 15) is 4.79 Å². The van der Waals surface area contributed by atoms with Gasteiger partial charge in [0.05, 0.1) is 12.1 Å². The van der Waals surface area contributed by atoms with Crippen molar-refractivity contribution in [3.63, 3.8) is 0 Å². The molecule has 2 saturated carbocycles. The molecule has 5 fully saturated rings. The number of amides is 1. The molecule has 6 rings (SSSR count). The Bertz CT molecular complexity index is 820. The van der Waals surface area contributed by atoms with Gasteiger partial charge in [-0.2, -0.15) is 0 Å². The molecule has 3 heterocycles. The smallest absolute Gasteiger partial charge is 0.248 e. The molecule has 0 aromatic heterocycles. The number of nitrogens with zero attached hydrogens (tertiary/aromatic N) is 3. The van der Waals surface area contributed by atoms with Gasteiger partial charge in [0.1, 0.15) is 18.5 Å². The van der Waals surface area contributed by atoms with Crippen molar-refractivity contribution in [1.82, 2.24) is 9.80 Å². The van der Waals surface area contributed by atoms with Crippen molar-refractivity contribution >= 4 is 11.6 Å². The molecule has 1 aromatic rings. The molecule has 1 aromatic carbocycles. The van der Waals surface area contributed by atoms with Crippen LogP contribution in [0.4, 0.5) is 5.69 Å². The van der Waals surface area contributed by atoms with Crippen LogP contribution in [0.1, 0.15) is 64.2 Å². The second kappa shape index (κ2) is 9.10. The number of carbonyl (C=O) groups excluding carboxylic acids is 1. The summed E-state index contributed by atoms with van der Waals surface area (Å²) in [7, 11) is 0. The van der Waals surface area contributed by atoms with Gasteiger partial charge in [-0.1, -0.05) is 6.42 Å². The highest BCUT2D eigenvalue weighted by Crippen LogP contribution is 2.36. The van der Waals surface area contributed by atoms with Crippen molar-refractivity contribution < 1.29 is 14.3 Å². The van der Waals surface area contributed by atoms with Crippen LogP contribution in [-0.4, -0.2) is 78.8 Å². The average Bonchev–Trinajstić information content (AvgIpc) is 2.77. The number of carbonyl (C=O) groups is 1. The van der Waals surface area contributed by atoms with Gasteiger partial charge < -0.3 is 24.2 Å². The molecule has 0 atom stereocenters. The lowest BCUT2D eigenvalue weighted by molar-refractivity contribution is -0.174. The van der Waals surface area contributed by atoms with Crippen molar-refractivity contribution in [2.24, 2.45) is 0 Å². The summed E-state index contributed by atoms with van der Waals surface area (Å²) in [5, 5.41) is 0. The maximum absolute atomic E-state index is 12.4. The first-order valence-corrected chi connectivity index (χ1v) is 13.4. The number of ether oxygens (including phenoxy) is 2. The van der Waals surface area contributed by atoms with Gasteiger partial charge >= 0.3 is 0 Å². The molecule has 33 heavy (non-hydrogen) atoms. The van der Waals surface area contributed by atoms with Crippen molar-refractivity contribution in [2.75, 3.05) is 44.2 Å². The lowest BCUT2D eigenvalue weighted by Crippen LogP contribution is -2.61. The summed E-state index contributed by atoms with van der Waals surface area (Å²) in [5.74, 6) is 1.19. The van der Waals surface area contributed by atoms with Crippen LogP contribution in [0.25, 0.3) is 0 Å². The second-order valence-electron chi connectivity index (χ2n) is 11.0. The topological polar surface area (TPSA) is 45.2 Å². The number of piperidine rings is 2. The van der Waals surface area contributed by atoms with Crippen LogP contribution in [0.15, 0.2) is 24.3 Å². The minimum absolute atomic E-state index is 0.141. The predicted molar refractivity (Wildman–Crippen MR) is 129 cm³/mol. The zero-order valence-corrected chi connectivity index (χ0v) is 19.9. The fourth-order valence-electron chi connectivity index (χ4n) is 6.29. The van der Waals surface area contributed by atoms with Crippen LogP contribution >= 0.6 is 0 Å². The molecule has 0 unspecified atom stereocenters. The summed E-state index contributed by atoms with van der Waals surface area (Å²) in [6, 6.07) is 10.0. The number of hydrogen-bond donors (Lipinski definition) is 0. The van der Waals surface area contributed by atoms with Crippen molar-refractivity contribution in [1.29, 1.82) is 0 Å². The van der Waals surface area contributed by atoms with Crippen molar-refractivity contribution in [3.8, 4) is 5.75 Å². The molecule has 6 nitrogen and oxygen atoms in total. The molecule has 3 saturated heterocycles. The second-order valence-corrected chi connectivity index (χ2v) is 11.0. The van der Waals surface area contributed by atoms with Gasteiger partial charge in [-0.25, -0.2) is 0 Å². The molecule has 1 spiro atoms. The minimum atomic E-state index is -0.141. The molecule has 1 amide bonds. The summed E-state index contributed by atoms with van der Waals surface area (Å²) >= 11 is 0. The summed E-state index contributed by atoms with van der Waals surface area (Å²) in [5.41, 5.74) is 1.12. The zero-order chi connectivity index (χ0) is 22.3. The Morgan fingerprint density at radius 2 is 1.52 bits per heavy atom. The number of morpholine rings is 1. The first-order chi connectivity index (χ1) is 16.2. The molecule has 2 aliphatic carbocycles. The van der Waals surface area contributed by atoms with E-state index in [0.29, 0.717) is 12.1 Å². The van der Waals surface area contributed by atoms with E-state index in [-0.39, 0.29) is 18.1 Å². The Hall–Kier alpha value is -1.79. The third-order valence-electron chi connectivity index (χ3n) is 9.04. The van der Waals surface area contributed by atoms with Crippen LogP contribution in [0.3, 0.4) is 0 Å². The van der Waals surface area contributed by atoms with Gasteiger partial charge in [0.2, 0.25) is 5.91 Å². The molecule has 5 aliphatic rings. The van der Waals surface area contributed by atoms with E-state index in [1.165, 1.54) is 57.3 Å². The Morgan fingerprint density at radius 3 is 2.12 bits per heavy atom. The Morgan fingerprint density at radius 1 is 0.848 bits per heavy atom. The summed E-state index contributed by atoms with van der Waals surface area (Å²) < 4.78 is 12.5. The monoisotopic (exact) mass is 453 g/mol. The number of anilines is 1. The number of benzene rings is 1. The normalized spacial score (nSPS) is 27.5. The van der Waals surface area contributed by atoms with Crippen molar-refractivity contribution in [3.05, 3.63) is 24.3 Å². The highest BCUT2D eigenvalue weighted by Gasteiger charge is 2.45. The van der Waals surface area contributed by atoms with E-state index in [1.54, 1.807) is 0 Å². The summed E-state index contributed by atoms with van der Waals surface area (Å²) in [4.78, 5) is 19.6. The van der Waals surface area contributed by atoms with Crippen LogP contribution < -0.4 is 9.64 Å². The SMILES string of the molecule is O=C1COC2(CCN(c3ccc(OC4CCN(C5CCC5)CC4)cc3)CC2)CN1C1CCC1. The Kier molecular flexibility index (Phi) is 5.99. The van der Waals surface area contributed by atoms with Gasteiger partial charge in [-0.05, 0) is 82.1 Å². The third kappa shape index (κ3) is 4.49. The molecule has 0 bridgehead atoms. The lowest BCUT2D eigenvalue weighted by atomic mass is 9.85. The first-order valence-electron chi connectivity index (χ1n) is 13.4. The first kappa shape index (κ1) is 21.7. The van der Waals surface area contributed by atoms with E-state index in [1.807, 2.05) is 0 Å². The standard InChI is InChI=1S/C27H39N3O3/c31-26-19-32-27(20-30(26)23-5-2-6-23)13-17-29(18-14-27)22-7-9-24(10-8-22)33-25-11-15-28(16-12-25)21-3-1-4-21/h7-10,21,23,25H,1-6,11-20H2. The zero-order valence-electron chi connectivity index (χ0n) is 19.9. The Labute approximate surface area is 198 Å². The van der Waals surface area contributed by atoms with Crippen molar-refractivity contribution in [2.45, 2.75) is 88.0 Å². The maximum atomic E-state index is 12.4. The van der Waals surface area contributed by atoms with E-state index in [4.69, 9.17) is 9.47 Å². The largest absolute Gasteiger partial charge is 0.490 e. The minimum Gasteiger partial charge on any atom is -0.490 e. The summed E-state index contributed by atoms with van der Waals surface area (Å²) in [6.45, 7) is 5.39. The van der Waals surface area contributed by atoms with E-state index >= 15 is 0 Å². The molecular formula is C27H39N3O3. The van der Waals surface area contributed by atoms with Crippen LogP contribution in [0.2, 0.25) is 0 Å². The Balaban J connectivity index is 0.995. The molecule has 0 radical (unpaired) electrons. The number of rotatable bonds is 5. The maximum Gasteiger partial charge on any atom is 0.248 e. The van der Waals surface area contributed by atoms with Gasteiger partial charge in [-0.15, -0.1) is 0 Å². The lowest BCUT2D eigenvalue weighted by Gasteiger charge is -2.50. The fraction of sp³-hybridized carbons (Fsp3) is 0.741. The van der Waals surface area contributed by atoms with Gasteiger partial charge in [0.25, 0.3) is 0 Å². The van der Waals surface area contributed by atoms with Crippen LogP contribution in [0, 0.1) is 0 Å². The molecule has 3 aliphatic heterocycles.